The second-order valence-corrected chi connectivity index (χ2v) is 6.85. The highest BCUT2D eigenvalue weighted by Gasteiger charge is 2.39. The molecule has 0 atom stereocenters. The monoisotopic (exact) mass is 403 g/mol. The van der Waals surface area contributed by atoms with E-state index in [-0.39, 0.29) is 25.5 Å². The number of carbonyl (C=O) groups is 3. The Morgan fingerprint density at radius 2 is 1.89 bits per heavy atom. The number of nitrogens with zero attached hydrogens (tertiary/aromatic N) is 1. The minimum atomic E-state index is -0.436. The lowest BCUT2D eigenvalue weighted by Crippen LogP contribution is -2.32. The molecule has 0 aliphatic carbocycles. The number of thiophene rings is 1. The van der Waals surface area contributed by atoms with E-state index in [1.165, 1.54) is 11.3 Å². The average molecular weight is 403 g/mol. The van der Waals surface area contributed by atoms with Gasteiger partial charge in [-0.3, -0.25) is 19.3 Å². The normalized spacial score (nSPS) is 12.9. The average Bonchev–Trinajstić information content (AvgIpc) is 3.22. The maximum absolute atomic E-state index is 12.9. The smallest absolute Gasteiger partial charge is 0.307 e. The van der Waals surface area contributed by atoms with Gasteiger partial charge in [0.2, 0.25) is 0 Å². The molecule has 28 heavy (non-hydrogen) atoms. The van der Waals surface area contributed by atoms with Crippen molar-refractivity contribution in [2.75, 3.05) is 26.9 Å². The number of benzene rings is 1. The summed E-state index contributed by atoms with van der Waals surface area (Å²) in [5.41, 5.74) is 1.49. The Hall–Kier alpha value is -2.87. The van der Waals surface area contributed by atoms with Gasteiger partial charge in [0.15, 0.2) is 11.5 Å². The third kappa shape index (κ3) is 3.60. The Kier molecular flexibility index (Phi) is 5.99. The van der Waals surface area contributed by atoms with Crippen LogP contribution in [0.3, 0.4) is 0 Å². The van der Waals surface area contributed by atoms with Crippen LogP contribution < -0.4 is 9.47 Å². The van der Waals surface area contributed by atoms with Gasteiger partial charge in [0.05, 0.1) is 37.9 Å². The number of amides is 2. The molecule has 0 N–H and O–H groups in total. The molecule has 1 aromatic carbocycles. The number of hydrogen-bond acceptors (Lipinski definition) is 7. The number of fused-ring (bicyclic) bond motifs is 1. The van der Waals surface area contributed by atoms with E-state index < -0.39 is 11.9 Å². The molecule has 2 heterocycles. The summed E-state index contributed by atoms with van der Waals surface area (Å²) in [6, 6.07) is 5.40. The highest BCUT2D eigenvalue weighted by atomic mass is 32.1. The first-order chi connectivity index (χ1) is 13.5. The van der Waals surface area contributed by atoms with Crippen LogP contribution in [-0.4, -0.2) is 49.6 Å². The Balaban J connectivity index is 1.88. The van der Waals surface area contributed by atoms with Gasteiger partial charge in [0.25, 0.3) is 11.8 Å². The van der Waals surface area contributed by atoms with Gasteiger partial charge < -0.3 is 14.2 Å². The molecule has 2 amide bonds. The fourth-order valence-corrected chi connectivity index (χ4v) is 4.07. The summed E-state index contributed by atoms with van der Waals surface area (Å²) in [6.07, 6.45) is -0.0226. The maximum Gasteiger partial charge on any atom is 0.307 e. The van der Waals surface area contributed by atoms with Crippen molar-refractivity contribution in [3.8, 4) is 21.9 Å². The van der Waals surface area contributed by atoms with Gasteiger partial charge in [-0.1, -0.05) is 0 Å². The van der Waals surface area contributed by atoms with Gasteiger partial charge in [0.1, 0.15) is 0 Å². The number of carbonyl (C=O) groups excluding carboxylic acids is 3. The number of rotatable bonds is 8. The van der Waals surface area contributed by atoms with Crippen molar-refractivity contribution >= 4 is 29.1 Å². The molecule has 3 rings (SSSR count). The zero-order valence-electron chi connectivity index (χ0n) is 15.9. The SMILES string of the molecule is CCOC(=O)CCN1C(=O)c2csc(-c3ccc(OCC)c(OC)c3)c2C1=O. The molecule has 0 saturated heterocycles. The predicted octanol–water partition coefficient (Wildman–Crippen LogP) is 3.37. The number of esters is 1. The van der Waals surface area contributed by atoms with Gasteiger partial charge in [0, 0.05) is 16.8 Å². The van der Waals surface area contributed by atoms with Crippen LogP contribution in [0.2, 0.25) is 0 Å². The van der Waals surface area contributed by atoms with Gasteiger partial charge >= 0.3 is 5.97 Å². The zero-order valence-corrected chi connectivity index (χ0v) is 16.8. The van der Waals surface area contributed by atoms with Crippen LogP contribution in [0.15, 0.2) is 23.6 Å². The topological polar surface area (TPSA) is 82.1 Å². The number of imide groups is 1. The summed E-state index contributed by atoms with van der Waals surface area (Å²) in [4.78, 5) is 38.8. The molecule has 2 aromatic rings. The maximum atomic E-state index is 12.9. The molecule has 0 saturated carbocycles. The summed E-state index contributed by atoms with van der Waals surface area (Å²) in [5.74, 6) is -0.0510. The molecule has 7 nitrogen and oxygen atoms in total. The Bertz CT molecular complexity index is 919. The fraction of sp³-hybridized carbons (Fsp3) is 0.350. The molecule has 0 fully saturated rings. The lowest BCUT2D eigenvalue weighted by atomic mass is 10.1. The van der Waals surface area contributed by atoms with E-state index in [0.717, 1.165) is 10.5 Å². The lowest BCUT2D eigenvalue weighted by molar-refractivity contribution is -0.143. The highest BCUT2D eigenvalue weighted by molar-refractivity contribution is 7.14. The van der Waals surface area contributed by atoms with E-state index >= 15 is 0 Å². The summed E-state index contributed by atoms with van der Waals surface area (Å²) < 4.78 is 15.8. The molecule has 1 aromatic heterocycles. The first-order valence-electron chi connectivity index (χ1n) is 8.96. The van der Waals surface area contributed by atoms with E-state index in [4.69, 9.17) is 14.2 Å². The zero-order chi connectivity index (χ0) is 20.3. The summed E-state index contributed by atoms with van der Waals surface area (Å²) >= 11 is 1.33. The van der Waals surface area contributed by atoms with Crippen molar-refractivity contribution < 1.29 is 28.6 Å². The second-order valence-electron chi connectivity index (χ2n) is 5.97. The Labute approximate surface area is 166 Å². The molecule has 1 aliphatic rings. The lowest BCUT2D eigenvalue weighted by Gasteiger charge is -2.14. The van der Waals surface area contributed by atoms with Crippen LogP contribution in [-0.2, 0) is 9.53 Å². The molecule has 0 radical (unpaired) electrons. The predicted molar refractivity (Wildman–Crippen MR) is 104 cm³/mol. The van der Waals surface area contributed by atoms with Crippen molar-refractivity contribution in [1.82, 2.24) is 4.90 Å². The van der Waals surface area contributed by atoms with Gasteiger partial charge in [-0.05, 0) is 37.6 Å². The van der Waals surface area contributed by atoms with E-state index in [1.54, 1.807) is 31.5 Å². The van der Waals surface area contributed by atoms with E-state index in [2.05, 4.69) is 0 Å². The van der Waals surface area contributed by atoms with Gasteiger partial charge in [-0.25, -0.2) is 0 Å². The summed E-state index contributed by atoms with van der Waals surface area (Å²) in [7, 11) is 1.55. The Morgan fingerprint density at radius 1 is 1.11 bits per heavy atom. The first kappa shape index (κ1) is 19.9. The molecule has 0 spiro atoms. The van der Waals surface area contributed by atoms with Crippen LogP contribution in [0.5, 0.6) is 11.5 Å². The van der Waals surface area contributed by atoms with Crippen molar-refractivity contribution in [2.45, 2.75) is 20.3 Å². The van der Waals surface area contributed by atoms with E-state index in [9.17, 15) is 14.4 Å². The Morgan fingerprint density at radius 3 is 2.57 bits per heavy atom. The largest absolute Gasteiger partial charge is 0.493 e. The minimum absolute atomic E-state index is 0.00187. The van der Waals surface area contributed by atoms with Crippen LogP contribution in [0.1, 0.15) is 41.0 Å². The standard InChI is InChI=1S/C20H21NO6S/c1-4-26-14-7-6-12(10-15(14)25-3)18-17-13(11-28-18)19(23)21(20(17)24)9-8-16(22)27-5-2/h6-7,10-11H,4-5,8-9H2,1-3H3. The molecule has 0 unspecified atom stereocenters. The number of hydrogen-bond donors (Lipinski definition) is 0. The molecule has 148 valence electrons. The van der Waals surface area contributed by atoms with Crippen LogP contribution in [0.4, 0.5) is 0 Å². The van der Waals surface area contributed by atoms with E-state index in [0.29, 0.717) is 34.1 Å². The van der Waals surface area contributed by atoms with Crippen molar-refractivity contribution in [2.24, 2.45) is 0 Å². The fourth-order valence-electron chi connectivity index (χ4n) is 3.04. The second kappa shape index (κ2) is 8.43. The van der Waals surface area contributed by atoms with Gasteiger partial charge in [-0.2, -0.15) is 0 Å². The molecule has 0 bridgehead atoms. The van der Waals surface area contributed by atoms with Gasteiger partial charge in [-0.15, -0.1) is 11.3 Å². The van der Waals surface area contributed by atoms with Crippen LogP contribution in [0, 0.1) is 0 Å². The van der Waals surface area contributed by atoms with Crippen molar-refractivity contribution in [3.05, 3.63) is 34.7 Å². The first-order valence-corrected chi connectivity index (χ1v) is 9.84. The molecular formula is C20H21NO6S. The molecular weight excluding hydrogens is 382 g/mol. The quantitative estimate of drug-likeness (QED) is 0.496. The minimum Gasteiger partial charge on any atom is -0.493 e. The molecule has 1 aliphatic heterocycles. The van der Waals surface area contributed by atoms with Crippen molar-refractivity contribution in [1.29, 1.82) is 0 Å². The number of methoxy groups -OCH3 is 1. The summed E-state index contributed by atoms with van der Waals surface area (Å²) in [5, 5.41) is 1.68. The van der Waals surface area contributed by atoms with Crippen molar-refractivity contribution in [3.63, 3.8) is 0 Å². The highest BCUT2D eigenvalue weighted by Crippen LogP contribution is 2.41. The van der Waals surface area contributed by atoms with Crippen LogP contribution in [0.25, 0.3) is 10.4 Å². The van der Waals surface area contributed by atoms with E-state index in [1.807, 2.05) is 13.0 Å². The third-order valence-corrected chi connectivity index (χ3v) is 5.33. The third-order valence-electron chi connectivity index (χ3n) is 4.30. The molecule has 8 heteroatoms. The summed E-state index contributed by atoms with van der Waals surface area (Å²) in [6.45, 7) is 4.36. The van der Waals surface area contributed by atoms with Crippen LogP contribution >= 0.6 is 11.3 Å². The number of ether oxygens (including phenoxy) is 3.